The molecule has 1 aliphatic heterocycles. The fourth-order valence-corrected chi connectivity index (χ4v) is 5.04. The highest BCUT2D eigenvalue weighted by atomic mass is 35.5. The summed E-state index contributed by atoms with van der Waals surface area (Å²) in [4.78, 5) is 19.0. The van der Waals surface area contributed by atoms with Crippen molar-refractivity contribution in [3.05, 3.63) is 58.1 Å². The van der Waals surface area contributed by atoms with Gasteiger partial charge >= 0.3 is 0 Å². The van der Waals surface area contributed by atoms with Crippen molar-refractivity contribution in [3.8, 4) is 17.6 Å². The number of nitriles is 1. The van der Waals surface area contributed by atoms with E-state index in [0.29, 0.717) is 48.2 Å². The number of amidine groups is 1. The van der Waals surface area contributed by atoms with Gasteiger partial charge in [-0.1, -0.05) is 41.6 Å². The van der Waals surface area contributed by atoms with Crippen LogP contribution < -0.4 is 9.47 Å². The normalized spacial score (nSPS) is 17.0. The van der Waals surface area contributed by atoms with Gasteiger partial charge in [0, 0.05) is 18.7 Å². The average molecular weight is 472 g/mol. The van der Waals surface area contributed by atoms with Crippen LogP contribution >= 0.6 is 23.4 Å². The Balaban J connectivity index is 1.82. The quantitative estimate of drug-likeness (QED) is 0.510. The van der Waals surface area contributed by atoms with Crippen LogP contribution in [0.1, 0.15) is 37.5 Å². The Bertz CT molecular complexity index is 1050. The average Bonchev–Trinajstić information content (AvgIpc) is 3.07. The molecule has 6 nitrogen and oxygen atoms in total. The summed E-state index contributed by atoms with van der Waals surface area (Å²) in [5, 5.41) is 10.2. The Morgan fingerprint density at radius 1 is 1.22 bits per heavy atom. The Hall–Kier alpha value is -2.69. The van der Waals surface area contributed by atoms with Gasteiger partial charge in [-0.25, -0.2) is 0 Å². The number of amides is 1. The highest BCUT2D eigenvalue weighted by molar-refractivity contribution is 8.15. The fraction of sp³-hybridized carbons (Fsp3) is 0.375. The van der Waals surface area contributed by atoms with Crippen molar-refractivity contribution in [2.75, 3.05) is 19.7 Å². The second-order valence-corrected chi connectivity index (χ2v) is 8.62. The minimum atomic E-state index is -0.250. The minimum absolute atomic E-state index is 0.0622. The lowest BCUT2D eigenvalue weighted by Crippen LogP contribution is -2.32. The Morgan fingerprint density at radius 3 is 2.69 bits per heavy atom. The number of thioether (sulfide) groups is 1. The SMILES string of the molecule is CCN=C1S[C@H](Cc2cc(Cl)c(OCc3ccccc3C#N)c(OCC)c2)C(=O)N1CC. The molecular formula is C24H26ClN3O3S. The van der Waals surface area contributed by atoms with Crippen LogP contribution in [0.4, 0.5) is 0 Å². The van der Waals surface area contributed by atoms with Gasteiger partial charge in [-0.15, -0.1) is 0 Å². The van der Waals surface area contributed by atoms with Crippen LogP contribution in [0.2, 0.25) is 5.02 Å². The number of halogens is 1. The van der Waals surface area contributed by atoms with Gasteiger partial charge < -0.3 is 9.47 Å². The van der Waals surface area contributed by atoms with Crippen LogP contribution in [0.15, 0.2) is 41.4 Å². The van der Waals surface area contributed by atoms with E-state index in [9.17, 15) is 10.1 Å². The lowest BCUT2D eigenvalue weighted by molar-refractivity contribution is -0.126. The molecule has 0 N–H and O–H groups in total. The molecule has 0 unspecified atom stereocenters. The van der Waals surface area contributed by atoms with Crippen molar-refractivity contribution >= 4 is 34.4 Å². The van der Waals surface area contributed by atoms with Crippen LogP contribution in [-0.2, 0) is 17.8 Å². The maximum Gasteiger partial charge on any atom is 0.242 e. The molecule has 0 radical (unpaired) electrons. The van der Waals surface area contributed by atoms with E-state index in [4.69, 9.17) is 21.1 Å². The van der Waals surface area contributed by atoms with Crippen molar-refractivity contribution in [2.45, 2.75) is 39.0 Å². The van der Waals surface area contributed by atoms with Crippen molar-refractivity contribution < 1.29 is 14.3 Å². The molecule has 3 rings (SSSR count). The van der Waals surface area contributed by atoms with E-state index in [0.717, 1.165) is 16.3 Å². The predicted octanol–water partition coefficient (Wildman–Crippen LogP) is 5.07. The maximum absolute atomic E-state index is 12.8. The zero-order valence-corrected chi connectivity index (χ0v) is 20.0. The van der Waals surface area contributed by atoms with Crippen molar-refractivity contribution in [1.82, 2.24) is 4.90 Å². The first-order valence-corrected chi connectivity index (χ1v) is 11.9. The number of hydrogen-bond acceptors (Lipinski definition) is 6. The van der Waals surface area contributed by atoms with E-state index in [1.807, 2.05) is 51.1 Å². The van der Waals surface area contributed by atoms with Gasteiger partial charge in [0.1, 0.15) is 6.61 Å². The Morgan fingerprint density at radius 2 is 2.00 bits per heavy atom. The molecule has 0 aliphatic carbocycles. The molecule has 8 heteroatoms. The molecule has 2 aromatic rings. The molecule has 1 atom stereocenters. The standard InChI is InChI=1S/C24H26ClN3O3S/c1-4-27-24-28(5-2)23(29)21(32-24)13-16-11-19(25)22(20(12-16)30-6-3)31-15-18-10-8-7-9-17(18)14-26/h7-12,21H,4-6,13,15H2,1-3H3/t21-/m1/s1. The van der Waals surface area contributed by atoms with Gasteiger partial charge in [-0.05, 0) is 51.0 Å². The Labute approximate surface area is 198 Å². The zero-order valence-electron chi connectivity index (χ0n) is 18.4. The summed E-state index contributed by atoms with van der Waals surface area (Å²) in [7, 11) is 0. The molecule has 0 saturated carbocycles. The molecule has 0 spiro atoms. The van der Waals surface area contributed by atoms with Crippen LogP contribution in [0.3, 0.4) is 0 Å². The summed E-state index contributed by atoms with van der Waals surface area (Å²) in [6, 6.07) is 13.1. The number of hydrogen-bond donors (Lipinski definition) is 0. The van der Waals surface area contributed by atoms with Crippen molar-refractivity contribution in [3.63, 3.8) is 0 Å². The smallest absolute Gasteiger partial charge is 0.242 e. The van der Waals surface area contributed by atoms with E-state index in [1.165, 1.54) is 11.8 Å². The zero-order chi connectivity index (χ0) is 23.1. The number of carbonyl (C=O) groups excluding carboxylic acids is 1. The second-order valence-electron chi connectivity index (χ2n) is 7.05. The summed E-state index contributed by atoms with van der Waals surface area (Å²) in [5.41, 5.74) is 2.22. The first-order valence-electron chi connectivity index (χ1n) is 10.6. The van der Waals surface area contributed by atoms with Gasteiger partial charge in [0.05, 0.1) is 28.5 Å². The molecule has 1 aliphatic rings. The van der Waals surface area contributed by atoms with Crippen LogP contribution in [0.25, 0.3) is 0 Å². The van der Waals surface area contributed by atoms with Crippen LogP contribution in [0, 0.1) is 11.3 Å². The molecule has 1 heterocycles. The molecule has 2 aromatic carbocycles. The van der Waals surface area contributed by atoms with E-state index in [-0.39, 0.29) is 17.8 Å². The van der Waals surface area contributed by atoms with Crippen LogP contribution in [-0.4, -0.2) is 40.9 Å². The molecule has 0 bridgehead atoms. The van der Waals surface area contributed by atoms with Gasteiger partial charge in [0.25, 0.3) is 0 Å². The monoisotopic (exact) mass is 471 g/mol. The number of benzene rings is 2. The number of carbonyl (C=O) groups is 1. The molecule has 32 heavy (non-hydrogen) atoms. The summed E-state index contributed by atoms with van der Waals surface area (Å²) < 4.78 is 11.8. The largest absolute Gasteiger partial charge is 0.490 e. The molecule has 1 saturated heterocycles. The lowest BCUT2D eigenvalue weighted by Gasteiger charge is -2.17. The first kappa shape index (κ1) is 24.0. The number of rotatable bonds is 9. The van der Waals surface area contributed by atoms with Gasteiger partial charge in [0.2, 0.25) is 5.91 Å². The minimum Gasteiger partial charge on any atom is -0.490 e. The molecule has 168 valence electrons. The number of nitrogens with zero attached hydrogens (tertiary/aromatic N) is 3. The van der Waals surface area contributed by atoms with Gasteiger partial charge in [0.15, 0.2) is 16.7 Å². The maximum atomic E-state index is 12.8. The number of aliphatic imine (C=N–C) groups is 1. The third-order valence-electron chi connectivity index (χ3n) is 4.93. The molecule has 0 aromatic heterocycles. The lowest BCUT2D eigenvalue weighted by atomic mass is 10.1. The summed E-state index contributed by atoms with van der Waals surface area (Å²) >= 11 is 8.06. The van der Waals surface area contributed by atoms with Crippen molar-refractivity contribution in [1.29, 1.82) is 5.26 Å². The second kappa shape index (κ2) is 11.3. The summed E-state index contributed by atoms with van der Waals surface area (Å²) in [6.45, 7) is 7.68. The van der Waals surface area contributed by atoms with E-state index in [1.54, 1.807) is 11.0 Å². The van der Waals surface area contributed by atoms with E-state index in [2.05, 4.69) is 11.1 Å². The molecule has 1 fully saturated rings. The number of ether oxygens (including phenoxy) is 2. The topological polar surface area (TPSA) is 74.9 Å². The van der Waals surface area contributed by atoms with E-state index >= 15 is 0 Å². The fourth-order valence-electron chi connectivity index (χ4n) is 3.45. The third-order valence-corrected chi connectivity index (χ3v) is 6.42. The summed E-state index contributed by atoms with van der Waals surface area (Å²) in [5.74, 6) is 1.01. The van der Waals surface area contributed by atoms with Gasteiger partial charge in [-0.2, -0.15) is 5.26 Å². The van der Waals surface area contributed by atoms with E-state index < -0.39 is 0 Å². The highest BCUT2D eigenvalue weighted by Crippen LogP contribution is 2.39. The highest BCUT2D eigenvalue weighted by Gasteiger charge is 2.37. The van der Waals surface area contributed by atoms with Crippen molar-refractivity contribution in [2.24, 2.45) is 4.99 Å². The Kier molecular flexibility index (Phi) is 8.43. The molecular weight excluding hydrogens is 446 g/mol. The van der Waals surface area contributed by atoms with Crippen LogP contribution in [0.5, 0.6) is 11.5 Å². The first-order chi connectivity index (χ1) is 15.5. The summed E-state index contributed by atoms with van der Waals surface area (Å²) in [6.07, 6.45) is 0.514. The molecule has 1 amide bonds. The predicted molar refractivity (Wildman–Crippen MR) is 129 cm³/mol. The third kappa shape index (κ3) is 5.37. The van der Waals surface area contributed by atoms with Gasteiger partial charge in [-0.3, -0.25) is 14.7 Å².